The fourth-order valence-electron chi connectivity index (χ4n) is 6.54. The third kappa shape index (κ3) is 6.03. The summed E-state index contributed by atoms with van der Waals surface area (Å²) in [4.78, 5) is 38.9. The van der Waals surface area contributed by atoms with Gasteiger partial charge in [0.05, 0.1) is 16.6 Å². The summed E-state index contributed by atoms with van der Waals surface area (Å²) in [5.41, 5.74) is -2.69. The Bertz CT molecular complexity index is 2110. The number of benzene rings is 4. The number of carbonyl (C=O) groups is 2. The molecule has 1 aromatic heterocycles. The highest BCUT2D eigenvalue weighted by Crippen LogP contribution is 2.42. The fraction of sp³-hybridized carbons (Fsp3) is 0.250. The Kier molecular flexibility index (Phi) is 8.78. The number of alkyl halides is 3. The topological polar surface area (TPSA) is 97.6 Å². The van der Waals surface area contributed by atoms with E-state index in [1.165, 1.54) is 61.6 Å². The lowest BCUT2D eigenvalue weighted by atomic mass is 9.90. The van der Waals surface area contributed by atoms with Crippen LogP contribution in [0.15, 0.2) is 77.6 Å². The molecule has 1 saturated heterocycles. The largest absolute Gasteiger partial charge is 0.480 e. The molecule has 1 amide bonds. The normalized spacial score (nSPS) is 14.7. The molecule has 7 nitrogen and oxygen atoms in total. The predicted octanol–water partition coefficient (Wildman–Crippen LogP) is 6.98. The number of nitrogens with one attached hydrogen (secondary N) is 1. The average molecular weight is 665 g/mol. The minimum atomic E-state index is -4.89. The number of halogens is 5. The van der Waals surface area contributed by atoms with E-state index in [4.69, 9.17) is 4.74 Å². The average Bonchev–Trinajstić information content (AvgIpc) is 3.05. The van der Waals surface area contributed by atoms with Gasteiger partial charge < -0.3 is 19.7 Å². The molecule has 0 radical (unpaired) electrons. The van der Waals surface area contributed by atoms with Crippen LogP contribution in [0.2, 0.25) is 0 Å². The number of para-hydroxylation sites is 1. The number of aromatic nitrogens is 1. The summed E-state index contributed by atoms with van der Waals surface area (Å²) < 4.78 is 80.5. The number of aryl methyl sites for hydroxylation is 1. The number of fused-ring (bicyclic) bond motifs is 2. The summed E-state index contributed by atoms with van der Waals surface area (Å²) in [5, 5.41) is 12.6. The van der Waals surface area contributed by atoms with Gasteiger partial charge in [0.2, 0.25) is 0 Å². The van der Waals surface area contributed by atoms with E-state index in [-0.39, 0.29) is 34.2 Å². The number of carboxylic acids is 1. The Hall–Kier alpha value is -5.10. The molecule has 6 rings (SSSR count). The van der Waals surface area contributed by atoms with Crippen LogP contribution in [0, 0.1) is 11.6 Å². The lowest BCUT2D eigenvalue weighted by Crippen LogP contribution is -2.43. The molecule has 12 heteroatoms. The molecule has 2 heterocycles. The number of carboxylic acid groups (broad SMARTS) is 1. The van der Waals surface area contributed by atoms with E-state index >= 15 is 8.78 Å². The van der Waals surface area contributed by atoms with Gasteiger partial charge in [-0.2, -0.15) is 13.2 Å². The molecule has 4 aromatic carbocycles. The number of aliphatic carboxylic acids is 1. The Morgan fingerprint density at radius 2 is 1.56 bits per heavy atom. The third-order valence-electron chi connectivity index (χ3n) is 8.88. The van der Waals surface area contributed by atoms with Crippen molar-refractivity contribution < 1.29 is 41.4 Å². The van der Waals surface area contributed by atoms with Gasteiger partial charge in [-0.3, -0.25) is 9.59 Å². The van der Waals surface area contributed by atoms with E-state index in [0.29, 0.717) is 42.6 Å². The van der Waals surface area contributed by atoms with Gasteiger partial charge in [-0.1, -0.05) is 54.6 Å². The molecule has 0 aliphatic carbocycles. The van der Waals surface area contributed by atoms with E-state index in [1.54, 1.807) is 6.07 Å². The van der Waals surface area contributed by atoms with Gasteiger partial charge in [-0.05, 0) is 64.4 Å². The Morgan fingerprint density at radius 1 is 0.938 bits per heavy atom. The Morgan fingerprint density at radius 3 is 2.23 bits per heavy atom. The number of carbonyl (C=O) groups excluding carboxylic acids is 1. The number of hydrogen-bond acceptors (Lipinski definition) is 4. The lowest BCUT2D eigenvalue weighted by Gasteiger charge is -2.23. The van der Waals surface area contributed by atoms with Gasteiger partial charge in [0, 0.05) is 32.1 Å². The zero-order valence-electron chi connectivity index (χ0n) is 25.5. The first-order valence-electron chi connectivity index (χ1n) is 15.2. The highest BCUT2D eigenvalue weighted by Gasteiger charge is 2.38. The van der Waals surface area contributed by atoms with Crippen LogP contribution in [-0.4, -0.2) is 40.8 Å². The van der Waals surface area contributed by atoms with E-state index in [1.807, 2.05) is 0 Å². The molecule has 5 aromatic rings. The van der Waals surface area contributed by atoms with Gasteiger partial charge in [0.15, 0.2) is 0 Å². The van der Waals surface area contributed by atoms with Gasteiger partial charge in [-0.15, -0.1) is 0 Å². The van der Waals surface area contributed by atoms with Crippen LogP contribution in [0.3, 0.4) is 0 Å². The number of amides is 1. The minimum Gasteiger partial charge on any atom is -0.480 e. The standard InChI is InChI=1S/C36H29F5N2O5/c1-43-29-11-3-2-7-25(29)32(36(39,40)41)30(34(43)45)24-10-5-8-22-20(6-4-9-23(22)24)18-28(35(46)47)42-33(44)31-26(37)16-21(17-27(31)38)19-12-14-48-15-13-19/h2-11,16-17,19,28H,12-15,18H2,1H3,(H,42,44)(H,46,47)/t28-/m0/s1. The van der Waals surface area contributed by atoms with Crippen LogP contribution in [0.1, 0.15) is 45.8 Å². The van der Waals surface area contributed by atoms with Crippen LogP contribution < -0.4 is 10.9 Å². The molecular formula is C36H29F5N2O5. The van der Waals surface area contributed by atoms with Crippen LogP contribution >= 0.6 is 0 Å². The first-order chi connectivity index (χ1) is 22.9. The van der Waals surface area contributed by atoms with Crippen LogP contribution in [-0.2, 0) is 29.2 Å². The molecule has 0 bridgehead atoms. The monoisotopic (exact) mass is 664 g/mol. The lowest BCUT2D eigenvalue weighted by molar-refractivity contribution is -0.139. The van der Waals surface area contributed by atoms with Crippen LogP contribution in [0.4, 0.5) is 22.0 Å². The van der Waals surface area contributed by atoms with E-state index in [9.17, 15) is 32.7 Å². The molecule has 48 heavy (non-hydrogen) atoms. The number of ether oxygens (including phenoxy) is 1. The molecule has 0 saturated carbocycles. The SMILES string of the molecule is Cn1c(=O)c(-c2cccc3c(C[C@H](NC(=O)c4c(F)cc(C5CCOCC5)cc4F)C(=O)O)cccc23)c(C(F)(F)F)c2ccccc21. The summed E-state index contributed by atoms with van der Waals surface area (Å²) in [7, 11) is 1.38. The molecule has 1 aliphatic rings. The van der Waals surface area contributed by atoms with Crippen molar-refractivity contribution in [1.29, 1.82) is 0 Å². The quantitative estimate of drug-likeness (QED) is 0.183. The Labute approximate surface area is 270 Å². The van der Waals surface area contributed by atoms with Crippen molar-refractivity contribution in [3.63, 3.8) is 0 Å². The van der Waals surface area contributed by atoms with Crippen molar-refractivity contribution in [2.75, 3.05) is 13.2 Å². The van der Waals surface area contributed by atoms with Crippen LogP contribution in [0.25, 0.3) is 32.8 Å². The smallest absolute Gasteiger partial charge is 0.417 e. The number of pyridine rings is 1. The maximum Gasteiger partial charge on any atom is 0.417 e. The first kappa shape index (κ1) is 32.8. The zero-order chi connectivity index (χ0) is 34.3. The molecule has 1 aliphatic heterocycles. The van der Waals surface area contributed by atoms with Crippen LogP contribution in [0.5, 0.6) is 0 Å². The number of nitrogens with zero attached hydrogens (tertiary/aromatic N) is 1. The molecule has 1 atom stereocenters. The van der Waals surface area contributed by atoms with E-state index in [2.05, 4.69) is 5.32 Å². The molecule has 248 valence electrons. The van der Waals surface area contributed by atoms with Crippen molar-refractivity contribution in [2.24, 2.45) is 7.05 Å². The molecule has 0 spiro atoms. The summed E-state index contributed by atoms with van der Waals surface area (Å²) >= 11 is 0. The summed E-state index contributed by atoms with van der Waals surface area (Å²) in [5.74, 6) is -5.19. The molecule has 1 fully saturated rings. The highest BCUT2D eigenvalue weighted by atomic mass is 19.4. The second kappa shape index (κ2) is 12.8. The van der Waals surface area contributed by atoms with Crippen molar-refractivity contribution in [1.82, 2.24) is 9.88 Å². The van der Waals surface area contributed by atoms with Gasteiger partial charge in [0.25, 0.3) is 11.5 Å². The second-order valence-corrected chi connectivity index (χ2v) is 11.8. The highest BCUT2D eigenvalue weighted by molar-refractivity contribution is 6.02. The van der Waals surface area contributed by atoms with Crippen molar-refractivity contribution in [3.05, 3.63) is 117 Å². The zero-order valence-corrected chi connectivity index (χ0v) is 25.5. The maximum absolute atomic E-state index is 15.1. The summed E-state index contributed by atoms with van der Waals surface area (Å²) in [6, 6.07) is 15.1. The summed E-state index contributed by atoms with van der Waals surface area (Å²) in [6.45, 7) is 0.878. The number of hydrogen-bond donors (Lipinski definition) is 2. The molecule has 2 N–H and O–H groups in total. The Balaban J connectivity index is 1.38. The van der Waals surface area contributed by atoms with E-state index in [0.717, 1.165) is 16.7 Å². The van der Waals surface area contributed by atoms with E-state index < -0.39 is 58.0 Å². The molecule has 0 unspecified atom stereocenters. The predicted molar refractivity (Wildman–Crippen MR) is 169 cm³/mol. The van der Waals surface area contributed by atoms with Crippen molar-refractivity contribution in [3.8, 4) is 11.1 Å². The van der Waals surface area contributed by atoms with Gasteiger partial charge >= 0.3 is 12.1 Å². The second-order valence-electron chi connectivity index (χ2n) is 11.8. The van der Waals surface area contributed by atoms with Gasteiger partial charge in [-0.25, -0.2) is 13.6 Å². The first-order valence-corrected chi connectivity index (χ1v) is 15.2. The summed E-state index contributed by atoms with van der Waals surface area (Å²) in [6.07, 6.45) is -4.15. The third-order valence-corrected chi connectivity index (χ3v) is 8.88. The fourth-order valence-corrected chi connectivity index (χ4v) is 6.54. The maximum atomic E-state index is 15.1. The van der Waals surface area contributed by atoms with Gasteiger partial charge in [0.1, 0.15) is 23.2 Å². The molecular weight excluding hydrogens is 635 g/mol. The number of rotatable bonds is 7. The van der Waals surface area contributed by atoms with Crippen molar-refractivity contribution in [2.45, 2.75) is 37.4 Å². The van der Waals surface area contributed by atoms with Crippen molar-refractivity contribution >= 4 is 33.6 Å². The minimum absolute atomic E-state index is 0.0160.